The van der Waals surface area contributed by atoms with Crippen molar-refractivity contribution in [2.75, 3.05) is 18.1 Å². The molecule has 0 fully saturated rings. The smallest absolute Gasteiger partial charge is 0.228 e. The van der Waals surface area contributed by atoms with E-state index >= 15 is 0 Å². The van der Waals surface area contributed by atoms with E-state index in [1.54, 1.807) is 19.1 Å². The van der Waals surface area contributed by atoms with Crippen molar-refractivity contribution in [3.63, 3.8) is 0 Å². The molecule has 0 spiro atoms. The molecule has 3 rings (SSSR count). The van der Waals surface area contributed by atoms with E-state index in [2.05, 4.69) is 25.4 Å². The number of anilines is 1. The molecule has 1 N–H and O–H groups in total. The first-order valence-corrected chi connectivity index (χ1v) is 8.80. The number of aryl methyl sites for hydroxylation is 1. The summed E-state index contributed by atoms with van der Waals surface area (Å²) in [6, 6.07) is 4.78. The highest BCUT2D eigenvalue weighted by molar-refractivity contribution is 7.90. The van der Waals surface area contributed by atoms with Gasteiger partial charge in [-0.25, -0.2) is 18.4 Å². The molecule has 23 heavy (non-hydrogen) atoms. The van der Waals surface area contributed by atoms with Gasteiger partial charge in [-0.2, -0.15) is 4.98 Å². The van der Waals surface area contributed by atoms with Crippen molar-refractivity contribution in [3.05, 3.63) is 36.2 Å². The van der Waals surface area contributed by atoms with Gasteiger partial charge in [-0.3, -0.25) is 0 Å². The Hall–Kier alpha value is -2.55. The van der Waals surface area contributed by atoms with E-state index in [0.717, 1.165) is 0 Å². The minimum atomic E-state index is -3.29. The molecule has 0 radical (unpaired) electrons. The van der Waals surface area contributed by atoms with Crippen LogP contribution in [-0.4, -0.2) is 41.3 Å². The number of benzene rings is 1. The van der Waals surface area contributed by atoms with Gasteiger partial charge in [0.05, 0.1) is 10.4 Å². The Balaban J connectivity index is 1.84. The molecule has 0 saturated carbocycles. The molecule has 2 aromatic heterocycles. The largest absolute Gasteiger partial charge is 0.369 e. The molecule has 3 aromatic rings. The van der Waals surface area contributed by atoms with Crippen LogP contribution in [0.4, 0.5) is 5.82 Å². The van der Waals surface area contributed by atoms with E-state index in [9.17, 15) is 8.42 Å². The molecule has 0 aliphatic heterocycles. The van der Waals surface area contributed by atoms with Crippen LogP contribution < -0.4 is 5.32 Å². The maximum Gasteiger partial charge on any atom is 0.228 e. The first-order valence-electron chi connectivity index (χ1n) is 6.91. The van der Waals surface area contributed by atoms with Crippen LogP contribution in [0, 0.1) is 6.92 Å². The molecule has 2 heterocycles. The first kappa shape index (κ1) is 15.3. The van der Waals surface area contributed by atoms with E-state index in [4.69, 9.17) is 4.52 Å². The molecule has 0 atom stereocenters. The van der Waals surface area contributed by atoms with Gasteiger partial charge < -0.3 is 9.84 Å². The zero-order chi connectivity index (χ0) is 16.4. The molecule has 120 valence electrons. The van der Waals surface area contributed by atoms with Gasteiger partial charge in [0.15, 0.2) is 15.7 Å². The number of sulfone groups is 1. The third-order valence-electron chi connectivity index (χ3n) is 3.24. The average Bonchev–Trinajstić information content (AvgIpc) is 2.91. The summed E-state index contributed by atoms with van der Waals surface area (Å²) < 4.78 is 28.4. The topological polar surface area (TPSA) is 111 Å². The highest BCUT2D eigenvalue weighted by Crippen LogP contribution is 2.22. The fourth-order valence-corrected chi connectivity index (χ4v) is 2.78. The summed E-state index contributed by atoms with van der Waals surface area (Å²) in [5.74, 6) is 1.69. The van der Waals surface area contributed by atoms with Crippen LogP contribution in [-0.2, 0) is 16.3 Å². The predicted molar refractivity (Wildman–Crippen MR) is 83.9 cm³/mol. The second-order valence-corrected chi connectivity index (χ2v) is 7.10. The molecule has 8 nitrogen and oxygen atoms in total. The van der Waals surface area contributed by atoms with Crippen LogP contribution in [0.2, 0.25) is 0 Å². The molecule has 0 unspecified atom stereocenters. The van der Waals surface area contributed by atoms with E-state index in [1.165, 1.54) is 18.6 Å². The maximum atomic E-state index is 11.7. The molecular formula is C14H15N5O3S. The third-order valence-corrected chi connectivity index (χ3v) is 4.35. The predicted octanol–water partition coefficient (Wildman–Crippen LogP) is 1.38. The van der Waals surface area contributed by atoms with E-state index in [-0.39, 0.29) is 4.90 Å². The van der Waals surface area contributed by atoms with Gasteiger partial charge in [0.1, 0.15) is 12.1 Å². The average molecular weight is 333 g/mol. The van der Waals surface area contributed by atoms with Crippen LogP contribution in [0.1, 0.15) is 11.7 Å². The Morgan fingerprint density at radius 1 is 1.26 bits per heavy atom. The zero-order valence-electron chi connectivity index (χ0n) is 12.6. The second kappa shape index (κ2) is 5.92. The normalized spacial score (nSPS) is 11.7. The number of rotatable bonds is 5. The Bertz CT molecular complexity index is 952. The minimum Gasteiger partial charge on any atom is -0.369 e. The Morgan fingerprint density at radius 2 is 2.09 bits per heavy atom. The molecular weight excluding hydrogens is 318 g/mol. The number of nitrogens with one attached hydrogen (secondary N) is 1. The summed E-state index contributed by atoms with van der Waals surface area (Å²) in [5, 5.41) is 7.53. The molecule has 9 heteroatoms. The summed E-state index contributed by atoms with van der Waals surface area (Å²) in [7, 11) is -3.29. The maximum absolute atomic E-state index is 11.7. The number of nitrogens with zero attached hydrogens (tertiary/aromatic N) is 4. The van der Waals surface area contributed by atoms with E-state index in [0.29, 0.717) is 41.4 Å². The number of hydrogen-bond donors (Lipinski definition) is 1. The molecule has 0 amide bonds. The lowest BCUT2D eigenvalue weighted by Gasteiger charge is -2.08. The van der Waals surface area contributed by atoms with Crippen LogP contribution in [0.25, 0.3) is 10.9 Å². The number of fused-ring (bicyclic) bond motifs is 1. The van der Waals surface area contributed by atoms with Gasteiger partial charge in [0, 0.05) is 24.6 Å². The fourth-order valence-electron chi connectivity index (χ4n) is 2.14. The van der Waals surface area contributed by atoms with Crippen molar-refractivity contribution in [1.29, 1.82) is 0 Å². The van der Waals surface area contributed by atoms with Gasteiger partial charge in [-0.1, -0.05) is 5.16 Å². The van der Waals surface area contributed by atoms with Crippen molar-refractivity contribution in [2.24, 2.45) is 0 Å². The van der Waals surface area contributed by atoms with Crippen molar-refractivity contribution in [1.82, 2.24) is 20.1 Å². The summed E-state index contributed by atoms with van der Waals surface area (Å²) in [6.45, 7) is 2.28. The summed E-state index contributed by atoms with van der Waals surface area (Å²) in [6.07, 6.45) is 3.14. The van der Waals surface area contributed by atoms with Crippen LogP contribution >= 0.6 is 0 Å². The van der Waals surface area contributed by atoms with Crippen molar-refractivity contribution >= 4 is 26.6 Å². The molecule has 0 aliphatic carbocycles. The molecule has 0 bridgehead atoms. The SMILES string of the molecule is Cc1noc(CCNc2ncnc3ccc(S(C)(=O)=O)cc23)n1. The molecule has 0 aliphatic rings. The Kier molecular flexibility index (Phi) is 3.95. The summed E-state index contributed by atoms with van der Waals surface area (Å²) in [4.78, 5) is 12.7. The van der Waals surface area contributed by atoms with Gasteiger partial charge >= 0.3 is 0 Å². The fraction of sp³-hybridized carbons (Fsp3) is 0.286. The van der Waals surface area contributed by atoms with Gasteiger partial charge in [-0.05, 0) is 25.1 Å². The van der Waals surface area contributed by atoms with Crippen LogP contribution in [0.15, 0.2) is 33.9 Å². The Labute approximate surface area is 132 Å². The van der Waals surface area contributed by atoms with Crippen LogP contribution in [0.5, 0.6) is 0 Å². The van der Waals surface area contributed by atoms with Crippen LogP contribution in [0.3, 0.4) is 0 Å². The number of aromatic nitrogens is 4. The molecule has 1 aromatic carbocycles. The summed E-state index contributed by atoms with van der Waals surface area (Å²) >= 11 is 0. The minimum absolute atomic E-state index is 0.232. The van der Waals surface area contributed by atoms with Crippen molar-refractivity contribution in [2.45, 2.75) is 18.2 Å². The van der Waals surface area contributed by atoms with Crippen molar-refractivity contribution < 1.29 is 12.9 Å². The zero-order valence-corrected chi connectivity index (χ0v) is 13.5. The lowest BCUT2D eigenvalue weighted by Crippen LogP contribution is -2.07. The molecule has 0 saturated heterocycles. The Morgan fingerprint density at radius 3 is 2.78 bits per heavy atom. The van der Waals surface area contributed by atoms with Crippen molar-refractivity contribution in [3.8, 4) is 0 Å². The lowest BCUT2D eigenvalue weighted by molar-refractivity contribution is 0.377. The van der Waals surface area contributed by atoms with E-state index < -0.39 is 9.84 Å². The quantitative estimate of drug-likeness (QED) is 0.745. The highest BCUT2D eigenvalue weighted by atomic mass is 32.2. The van der Waals surface area contributed by atoms with Gasteiger partial charge in [0.2, 0.25) is 5.89 Å². The standard InChI is InChI=1S/C14H15N5O3S/c1-9-18-13(22-19-9)5-6-15-14-11-7-10(23(2,20)21)3-4-12(11)16-8-17-14/h3-4,7-8H,5-6H2,1-2H3,(H,15,16,17). The number of hydrogen-bond acceptors (Lipinski definition) is 8. The highest BCUT2D eigenvalue weighted by Gasteiger charge is 2.11. The monoisotopic (exact) mass is 333 g/mol. The van der Waals surface area contributed by atoms with Gasteiger partial charge in [0.25, 0.3) is 0 Å². The van der Waals surface area contributed by atoms with E-state index in [1.807, 2.05) is 0 Å². The summed E-state index contributed by atoms with van der Waals surface area (Å²) in [5.41, 5.74) is 0.670. The second-order valence-electron chi connectivity index (χ2n) is 5.09. The first-order chi connectivity index (χ1) is 10.9. The lowest BCUT2D eigenvalue weighted by atomic mass is 10.2. The third kappa shape index (κ3) is 3.45. The van der Waals surface area contributed by atoms with Gasteiger partial charge in [-0.15, -0.1) is 0 Å².